The van der Waals surface area contributed by atoms with Crippen LogP contribution in [-0.4, -0.2) is 24.9 Å². The average molecular weight is 428 g/mol. The summed E-state index contributed by atoms with van der Waals surface area (Å²) >= 11 is 0. The molecule has 160 valence electrons. The minimum absolute atomic E-state index is 0.289. The zero-order chi connectivity index (χ0) is 22.7. The number of fused-ring (bicyclic) bond motifs is 1. The second kappa shape index (κ2) is 8.75. The third-order valence-electron chi connectivity index (χ3n) is 4.99. The molecule has 0 spiro atoms. The molecule has 0 atom stereocenters. The predicted molar refractivity (Wildman–Crippen MR) is 122 cm³/mol. The van der Waals surface area contributed by atoms with Crippen molar-refractivity contribution >= 4 is 40.4 Å². The van der Waals surface area contributed by atoms with E-state index in [1.54, 1.807) is 72.9 Å². The second-order valence-electron chi connectivity index (χ2n) is 7.00. The Hall–Kier alpha value is -4.43. The molecule has 0 aliphatic carbocycles. The first-order valence-corrected chi connectivity index (χ1v) is 9.73. The highest BCUT2D eigenvalue weighted by Gasteiger charge is 2.25. The summed E-state index contributed by atoms with van der Waals surface area (Å²) < 4.78 is 4.74. The Balaban J connectivity index is 1.51. The van der Waals surface area contributed by atoms with Crippen LogP contribution in [0, 0.1) is 0 Å². The summed E-state index contributed by atoms with van der Waals surface area (Å²) in [5, 5.41) is 6.90. The highest BCUT2D eigenvalue weighted by atomic mass is 16.5. The maximum Gasteiger partial charge on any atom is 0.337 e. The van der Waals surface area contributed by atoms with Gasteiger partial charge in [0.15, 0.2) is 0 Å². The molecule has 1 heterocycles. The fraction of sp³-hybridized carbons (Fsp3) is 0.0417. The van der Waals surface area contributed by atoms with Gasteiger partial charge in [0.05, 0.1) is 23.9 Å². The van der Waals surface area contributed by atoms with E-state index in [1.165, 1.54) is 7.11 Å². The Morgan fingerprint density at radius 2 is 1.69 bits per heavy atom. The fourth-order valence-electron chi connectivity index (χ4n) is 3.29. The molecule has 4 rings (SSSR count). The van der Waals surface area contributed by atoms with Crippen molar-refractivity contribution in [3.05, 3.63) is 95.7 Å². The molecule has 8 nitrogen and oxygen atoms in total. The van der Waals surface area contributed by atoms with Crippen LogP contribution in [0.1, 0.15) is 26.3 Å². The van der Waals surface area contributed by atoms with Crippen molar-refractivity contribution in [3.8, 4) is 0 Å². The first-order valence-electron chi connectivity index (χ1n) is 9.73. The molecule has 1 aliphatic rings. The van der Waals surface area contributed by atoms with E-state index >= 15 is 0 Å². The number of ether oxygens (including phenoxy) is 1. The van der Waals surface area contributed by atoms with Crippen LogP contribution in [0.5, 0.6) is 0 Å². The summed E-state index contributed by atoms with van der Waals surface area (Å²) in [5.41, 5.74) is 3.61. The topological polar surface area (TPSA) is 114 Å². The number of esters is 1. The number of carbonyl (C=O) groups is 3. The van der Waals surface area contributed by atoms with Gasteiger partial charge in [-0.1, -0.05) is 18.2 Å². The van der Waals surface area contributed by atoms with Crippen molar-refractivity contribution in [3.63, 3.8) is 0 Å². The summed E-state index contributed by atoms with van der Waals surface area (Å²) in [6.07, 6.45) is 1.55. The van der Waals surface area contributed by atoms with Crippen LogP contribution < -0.4 is 21.5 Å². The number of benzene rings is 3. The molecule has 0 saturated heterocycles. The fourth-order valence-corrected chi connectivity index (χ4v) is 3.29. The molecule has 8 heteroatoms. The Morgan fingerprint density at radius 3 is 2.38 bits per heavy atom. The zero-order valence-corrected chi connectivity index (χ0v) is 17.2. The maximum absolute atomic E-state index is 12.6. The highest BCUT2D eigenvalue weighted by Crippen LogP contribution is 2.32. The molecule has 0 fully saturated rings. The van der Waals surface area contributed by atoms with Gasteiger partial charge in [-0.05, 0) is 54.6 Å². The molecule has 0 bridgehead atoms. The van der Waals surface area contributed by atoms with Crippen molar-refractivity contribution in [2.75, 3.05) is 22.8 Å². The molecule has 1 aliphatic heterocycles. The van der Waals surface area contributed by atoms with Gasteiger partial charge in [0, 0.05) is 28.7 Å². The van der Waals surface area contributed by atoms with E-state index in [1.807, 2.05) is 6.07 Å². The zero-order valence-electron chi connectivity index (χ0n) is 17.2. The SMILES string of the molecule is COC(=O)c1ccc2c(c1)C(=CNc1ccc(C(=O)N(N)c3ccccc3)cc1)C(=O)N2. The predicted octanol–water partition coefficient (Wildman–Crippen LogP) is 3.40. The van der Waals surface area contributed by atoms with Gasteiger partial charge in [0.1, 0.15) is 0 Å². The Labute approximate surface area is 184 Å². The van der Waals surface area contributed by atoms with Gasteiger partial charge in [0.25, 0.3) is 11.8 Å². The van der Waals surface area contributed by atoms with E-state index in [9.17, 15) is 14.4 Å². The molecule has 0 saturated carbocycles. The van der Waals surface area contributed by atoms with Crippen molar-refractivity contribution in [1.29, 1.82) is 0 Å². The molecule has 0 radical (unpaired) electrons. The lowest BCUT2D eigenvalue weighted by Gasteiger charge is -2.16. The number of anilines is 3. The van der Waals surface area contributed by atoms with Crippen LogP contribution in [-0.2, 0) is 9.53 Å². The van der Waals surface area contributed by atoms with E-state index in [0.29, 0.717) is 39.3 Å². The summed E-state index contributed by atoms with van der Waals surface area (Å²) in [4.78, 5) is 36.8. The van der Waals surface area contributed by atoms with E-state index < -0.39 is 5.97 Å². The van der Waals surface area contributed by atoms with Crippen molar-refractivity contribution < 1.29 is 19.1 Å². The number of hydrazine groups is 1. The van der Waals surface area contributed by atoms with Gasteiger partial charge < -0.3 is 15.4 Å². The Morgan fingerprint density at radius 1 is 1.00 bits per heavy atom. The van der Waals surface area contributed by atoms with Gasteiger partial charge in [-0.25, -0.2) is 15.6 Å². The minimum atomic E-state index is -0.482. The molecule has 2 amide bonds. The van der Waals surface area contributed by atoms with E-state index in [2.05, 4.69) is 10.6 Å². The number of nitrogens with zero attached hydrogens (tertiary/aromatic N) is 1. The number of hydrogen-bond donors (Lipinski definition) is 3. The number of nitrogens with one attached hydrogen (secondary N) is 2. The number of rotatable bonds is 5. The van der Waals surface area contributed by atoms with Crippen LogP contribution in [0.15, 0.2) is 79.0 Å². The first-order chi connectivity index (χ1) is 15.5. The van der Waals surface area contributed by atoms with Gasteiger partial charge in [0.2, 0.25) is 0 Å². The number of carbonyl (C=O) groups excluding carboxylic acids is 3. The third-order valence-corrected chi connectivity index (χ3v) is 4.99. The standard InChI is InChI=1S/C24H20N4O4/c1-32-24(31)16-9-12-21-19(13-16)20(22(29)27-21)14-26-17-10-7-15(8-11-17)23(30)28(25)18-5-3-2-4-6-18/h2-14,26H,25H2,1H3,(H,27,29). The molecule has 3 aromatic rings. The Kier molecular flexibility index (Phi) is 5.69. The lowest BCUT2D eigenvalue weighted by Crippen LogP contribution is -2.37. The van der Waals surface area contributed by atoms with Crippen LogP contribution >= 0.6 is 0 Å². The first kappa shape index (κ1) is 20.8. The van der Waals surface area contributed by atoms with Crippen LogP contribution in [0.3, 0.4) is 0 Å². The van der Waals surface area contributed by atoms with Gasteiger partial charge in [-0.15, -0.1) is 0 Å². The van der Waals surface area contributed by atoms with Gasteiger partial charge >= 0.3 is 5.97 Å². The number of hydrogen-bond acceptors (Lipinski definition) is 6. The van der Waals surface area contributed by atoms with Crippen molar-refractivity contribution in [1.82, 2.24) is 0 Å². The molecule has 0 unspecified atom stereocenters. The highest BCUT2D eigenvalue weighted by molar-refractivity contribution is 6.32. The summed E-state index contributed by atoms with van der Waals surface area (Å²) in [7, 11) is 1.30. The second-order valence-corrected chi connectivity index (χ2v) is 7.00. The van der Waals surface area contributed by atoms with E-state index in [0.717, 1.165) is 5.01 Å². The minimum Gasteiger partial charge on any atom is -0.465 e. The van der Waals surface area contributed by atoms with E-state index in [-0.39, 0.29) is 11.8 Å². The van der Waals surface area contributed by atoms with Gasteiger partial charge in [-0.2, -0.15) is 0 Å². The van der Waals surface area contributed by atoms with Crippen LogP contribution in [0.4, 0.5) is 17.1 Å². The van der Waals surface area contributed by atoms with Crippen molar-refractivity contribution in [2.45, 2.75) is 0 Å². The number of nitrogens with two attached hydrogens (primary N) is 1. The average Bonchev–Trinajstić information content (AvgIpc) is 3.16. The number of methoxy groups -OCH3 is 1. The number of amides is 2. The Bertz CT molecular complexity index is 1220. The van der Waals surface area contributed by atoms with Crippen molar-refractivity contribution in [2.24, 2.45) is 5.84 Å². The van der Waals surface area contributed by atoms with Crippen LogP contribution in [0.2, 0.25) is 0 Å². The molecule has 4 N–H and O–H groups in total. The third kappa shape index (κ3) is 4.07. The largest absolute Gasteiger partial charge is 0.465 e. The lowest BCUT2D eigenvalue weighted by molar-refractivity contribution is -0.110. The molecule has 32 heavy (non-hydrogen) atoms. The number of para-hydroxylation sites is 1. The molecule has 0 aromatic heterocycles. The molecular weight excluding hydrogens is 408 g/mol. The van der Waals surface area contributed by atoms with E-state index in [4.69, 9.17) is 10.6 Å². The molecule has 3 aromatic carbocycles. The van der Waals surface area contributed by atoms with Crippen LogP contribution in [0.25, 0.3) is 5.57 Å². The summed E-state index contributed by atoms with van der Waals surface area (Å²) in [6, 6.07) is 20.5. The molecular formula is C24H20N4O4. The van der Waals surface area contributed by atoms with Gasteiger partial charge in [-0.3, -0.25) is 9.59 Å². The smallest absolute Gasteiger partial charge is 0.337 e. The normalized spacial score (nSPS) is 13.3. The monoisotopic (exact) mass is 428 g/mol. The maximum atomic E-state index is 12.6. The lowest BCUT2D eigenvalue weighted by atomic mass is 10.0. The summed E-state index contributed by atoms with van der Waals surface area (Å²) in [6.45, 7) is 0. The quantitative estimate of drug-likeness (QED) is 0.189. The summed E-state index contributed by atoms with van der Waals surface area (Å²) in [5.74, 6) is 4.82.